The van der Waals surface area contributed by atoms with Crippen LogP contribution in [0.1, 0.15) is 51.4 Å². The minimum Gasteiger partial charge on any atom is -0.370 e. The van der Waals surface area contributed by atoms with Crippen LogP contribution in [0, 0.1) is 22.7 Å². The zero-order valence-electron chi connectivity index (χ0n) is 18.0. The lowest BCUT2D eigenvalue weighted by Gasteiger charge is -2.27. The average Bonchev–Trinajstić information content (AvgIpc) is 3.45. The third-order valence-electron chi connectivity index (χ3n) is 6.27. The fourth-order valence-corrected chi connectivity index (χ4v) is 4.55. The molecule has 3 aliphatic rings. The van der Waals surface area contributed by atoms with E-state index in [0.717, 1.165) is 77.5 Å². The molecule has 2 atom stereocenters. The molecule has 2 aliphatic heterocycles. The van der Waals surface area contributed by atoms with Crippen LogP contribution >= 0.6 is 0 Å². The Morgan fingerprint density at radius 1 is 0.733 bits per heavy atom. The van der Waals surface area contributed by atoms with Gasteiger partial charge in [0.25, 0.3) is 0 Å². The number of hydrogen-bond donors (Lipinski definition) is 6. The molecule has 0 aromatic rings. The van der Waals surface area contributed by atoms with Gasteiger partial charge in [-0.25, -0.2) is 0 Å². The number of aliphatic imine (C=N–C) groups is 2. The molecule has 3 fully saturated rings. The first-order chi connectivity index (χ1) is 14.5. The Hall–Kier alpha value is -2.52. The molecule has 0 bridgehead atoms. The maximum atomic E-state index is 8.07. The van der Waals surface area contributed by atoms with Crippen molar-refractivity contribution in [3.05, 3.63) is 0 Å². The number of nitrogens with two attached hydrogens (primary N) is 2. The molecule has 0 aromatic heterocycles. The van der Waals surface area contributed by atoms with E-state index in [9.17, 15) is 0 Å². The van der Waals surface area contributed by atoms with Gasteiger partial charge in [0.05, 0.1) is 0 Å². The van der Waals surface area contributed by atoms with Gasteiger partial charge in [0.1, 0.15) is 0 Å². The molecule has 2 heterocycles. The molecule has 10 heteroatoms. The van der Waals surface area contributed by atoms with Crippen molar-refractivity contribution in [3.8, 4) is 0 Å². The summed E-state index contributed by atoms with van der Waals surface area (Å²) in [5.74, 6) is 2.34. The van der Waals surface area contributed by atoms with Crippen LogP contribution in [0.5, 0.6) is 0 Å². The minimum absolute atomic E-state index is 0.334. The fraction of sp³-hybridized carbons (Fsp3) is 0.800. The molecule has 0 spiro atoms. The van der Waals surface area contributed by atoms with Crippen molar-refractivity contribution in [2.75, 3.05) is 39.3 Å². The Morgan fingerprint density at radius 2 is 1.13 bits per heavy atom. The first-order valence-electron chi connectivity index (χ1n) is 11.3. The van der Waals surface area contributed by atoms with E-state index in [1.165, 1.54) is 0 Å². The first kappa shape index (κ1) is 22.2. The minimum atomic E-state index is 0.334. The third-order valence-corrected chi connectivity index (χ3v) is 6.27. The third kappa shape index (κ3) is 6.77. The molecule has 2 saturated heterocycles. The Labute approximate surface area is 179 Å². The van der Waals surface area contributed by atoms with Gasteiger partial charge in [0.2, 0.25) is 0 Å². The second-order valence-corrected chi connectivity index (χ2v) is 8.69. The summed E-state index contributed by atoms with van der Waals surface area (Å²) in [5, 5.41) is 22.0. The molecule has 0 radical (unpaired) electrons. The largest absolute Gasteiger partial charge is 0.370 e. The first-order valence-corrected chi connectivity index (χ1v) is 11.3. The van der Waals surface area contributed by atoms with E-state index in [-0.39, 0.29) is 0 Å². The number of likely N-dealkylation sites (tertiary alicyclic amines) is 2. The van der Waals surface area contributed by atoms with Gasteiger partial charge in [0, 0.05) is 39.3 Å². The van der Waals surface area contributed by atoms with Crippen molar-refractivity contribution in [1.82, 2.24) is 20.4 Å². The van der Waals surface area contributed by atoms with Crippen LogP contribution in [0.15, 0.2) is 9.98 Å². The van der Waals surface area contributed by atoms with Crippen molar-refractivity contribution in [2.24, 2.45) is 33.3 Å². The monoisotopic (exact) mass is 418 g/mol. The molecule has 0 aromatic carbocycles. The quantitative estimate of drug-likeness (QED) is 0.291. The molecule has 30 heavy (non-hydrogen) atoms. The van der Waals surface area contributed by atoms with E-state index in [0.29, 0.717) is 48.8 Å². The highest BCUT2D eigenvalue weighted by Gasteiger charge is 2.22. The van der Waals surface area contributed by atoms with Crippen LogP contribution in [-0.2, 0) is 0 Å². The second-order valence-electron chi connectivity index (χ2n) is 8.69. The average molecular weight is 419 g/mol. The number of hydrogen-bond acceptors (Lipinski definition) is 4. The molecule has 0 amide bonds. The van der Waals surface area contributed by atoms with Gasteiger partial charge in [-0.3, -0.25) is 31.4 Å². The van der Waals surface area contributed by atoms with Gasteiger partial charge < -0.3 is 21.3 Å². The standard InChI is InChI=1S/C20H38N10/c21-17(27-19(23)29-8-1-2-9-29)25-13-15-6-5-7-16(12-15)14-26-18(22)28-20(24)30-10-3-4-11-30/h15-16H,1-14H2,(H4,21,23,25,27)(H4,22,24,26,28). The molecule has 8 N–H and O–H groups in total. The zero-order valence-corrected chi connectivity index (χ0v) is 18.0. The van der Waals surface area contributed by atoms with Crippen LogP contribution in [0.4, 0.5) is 0 Å². The lowest BCUT2D eigenvalue weighted by atomic mass is 9.81. The number of rotatable bonds is 4. The molecule has 168 valence electrons. The van der Waals surface area contributed by atoms with Crippen molar-refractivity contribution in [3.63, 3.8) is 0 Å². The predicted molar refractivity (Wildman–Crippen MR) is 122 cm³/mol. The summed E-state index contributed by atoms with van der Waals surface area (Å²) in [5.41, 5.74) is 12.0. The lowest BCUT2D eigenvalue weighted by molar-refractivity contribution is 0.278. The summed E-state index contributed by atoms with van der Waals surface area (Å²) >= 11 is 0. The van der Waals surface area contributed by atoms with Crippen LogP contribution < -0.4 is 22.1 Å². The molecule has 3 rings (SSSR count). The summed E-state index contributed by atoms with van der Waals surface area (Å²) in [6, 6.07) is 0. The fourth-order valence-electron chi connectivity index (χ4n) is 4.55. The van der Waals surface area contributed by atoms with Crippen LogP contribution in [0.3, 0.4) is 0 Å². The normalized spacial score (nSPS) is 25.5. The maximum absolute atomic E-state index is 8.07. The molecule has 1 aliphatic carbocycles. The predicted octanol–water partition coefficient (Wildman–Crippen LogP) is 0.663. The summed E-state index contributed by atoms with van der Waals surface area (Å²) in [6.07, 6.45) is 9.04. The molecule has 1 saturated carbocycles. The second kappa shape index (κ2) is 11.0. The van der Waals surface area contributed by atoms with Crippen molar-refractivity contribution in [1.29, 1.82) is 10.8 Å². The van der Waals surface area contributed by atoms with E-state index in [4.69, 9.17) is 22.3 Å². The van der Waals surface area contributed by atoms with Gasteiger partial charge in [-0.2, -0.15) is 0 Å². The Morgan fingerprint density at radius 3 is 1.53 bits per heavy atom. The van der Waals surface area contributed by atoms with Crippen molar-refractivity contribution in [2.45, 2.75) is 51.4 Å². The Bertz CT molecular complexity index is 592. The van der Waals surface area contributed by atoms with Crippen LogP contribution in [0.2, 0.25) is 0 Å². The topological polar surface area (TPSA) is 155 Å². The van der Waals surface area contributed by atoms with Gasteiger partial charge >= 0.3 is 0 Å². The van der Waals surface area contributed by atoms with Crippen LogP contribution in [0.25, 0.3) is 0 Å². The zero-order chi connectivity index (χ0) is 21.3. The number of nitrogens with one attached hydrogen (secondary N) is 4. The van der Waals surface area contributed by atoms with Gasteiger partial charge in [0.15, 0.2) is 23.8 Å². The highest BCUT2D eigenvalue weighted by molar-refractivity contribution is 5.97. The van der Waals surface area contributed by atoms with E-state index < -0.39 is 0 Å². The molecule has 2 unspecified atom stereocenters. The van der Waals surface area contributed by atoms with Crippen molar-refractivity contribution < 1.29 is 0 Å². The number of nitrogens with zero attached hydrogens (tertiary/aromatic N) is 4. The molecular weight excluding hydrogens is 380 g/mol. The summed E-state index contributed by atoms with van der Waals surface area (Å²) in [7, 11) is 0. The van der Waals surface area contributed by atoms with E-state index >= 15 is 0 Å². The van der Waals surface area contributed by atoms with Crippen molar-refractivity contribution >= 4 is 23.8 Å². The SMILES string of the molecule is N=C(NC(N)=NCC1CCCC(CN=C(N)NC(=N)N2CCCC2)C1)N1CCCC1. The summed E-state index contributed by atoms with van der Waals surface area (Å²) < 4.78 is 0. The molecular formula is C20H38N10. The highest BCUT2D eigenvalue weighted by atomic mass is 15.3. The Balaban J connectivity index is 1.38. The smallest absolute Gasteiger partial charge is 0.197 e. The summed E-state index contributed by atoms with van der Waals surface area (Å²) in [6.45, 7) is 5.02. The lowest BCUT2D eigenvalue weighted by Crippen LogP contribution is -2.45. The van der Waals surface area contributed by atoms with Gasteiger partial charge in [-0.15, -0.1) is 0 Å². The van der Waals surface area contributed by atoms with E-state index in [2.05, 4.69) is 20.6 Å². The maximum Gasteiger partial charge on any atom is 0.197 e. The van der Waals surface area contributed by atoms with E-state index in [1.54, 1.807) is 0 Å². The molecule has 10 nitrogen and oxygen atoms in total. The number of guanidine groups is 4. The van der Waals surface area contributed by atoms with Crippen LogP contribution in [-0.4, -0.2) is 72.9 Å². The van der Waals surface area contributed by atoms with Gasteiger partial charge in [-0.05, 0) is 56.8 Å². The Kier molecular flexibility index (Phi) is 8.15. The van der Waals surface area contributed by atoms with E-state index in [1.807, 2.05) is 9.80 Å². The summed E-state index contributed by atoms with van der Waals surface area (Å²) in [4.78, 5) is 13.0. The van der Waals surface area contributed by atoms with Gasteiger partial charge in [-0.1, -0.05) is 6.42 Å². The highest BCUT2D eigenvalue weighted by Crippen LogP contribution is 2.29.